The number of hydrogen-bond donors (Lipinski definition) is 2. The average molecular weight is 125 g/mol. The lowest BCUT2D eigenvalue weighted by Gasteiger charge is -2.01. The molecular weight excluding hydrogens is 114 g/mol. The molecule has 1 fully saturated rings. The second-order valence-corrected chi connectivity index (χ2v) is 2.82. The summed E-state index contributed by atoms with van der Waals surface area (Å²) >= 11 is 0. The van der Waals surface area contributed by atoms with Crippen molar-refractivity contribution in [3.8, 4) is 0 Å². The second-order valence-electron chi connectivity index (χ2n) is 2.82. The number of nitrogens with zero attached hydrogens (tertiary/aromatic N) is 1. The van der Waals surface area contributed by atoms with Crippen molar-refractivity contribution in [1.82, 2.24) is 5.32 Å². The molecular formula is C6H11N3. The van der Waals surface area contributed by atoms with E-state index in [1.165, 1.54) is 6.42 Å². The van der Waals surface area contributed by atoms with Crippen molar-refractivity contribution in [1.29, 1.82) is 0 Å². The summed E-state index contributed by atoms with van der Waals surface area (Å²) in [6, 6.07) is 0.923. The second kappa shape index (κ2) is 1.70. The molecule has 2 aliphatic rings. The summed E-state index contributed by atoms with van der Waals surface area (Å²) in [6.07, 6.45) is 2.96. The van der Waals surface area contributed by atoms with E-state index in [4.69, 9.17) is 5.73 Å². The predicted octanol–water partition coefficient (Wildman–Crippen LogP) is -0.666. The molecule has 0 aromatic carbocycles. The van der Waals surface area contributed by atoms with E-state index in [-0.39, 0.29) is 0 Å². The molecule has 2 rings (SSSR count). The summed E-state index contributed by atoms with van der Waals surface area (Å²) in [7, 11) is 0. The van der Waals surface area contributed by atoms with Crippen LogP contribution in [-0.4, -0.2) is 25.0 Å². The maximum absolute atomic E-state index is 5.64. The van der Waals surface area contributed by atoms with Crippen molar-refractivity contribution in [3.63, 3.8) is 0 Å². The molecule has 3 heteroatoms. The quantitative estimate of drug-likeness (QED) is 0.488. The van der Waals surface area contributed by atoms with Crippen LogP contribution in [-0.2, 0) is 0 Å². The molecule has 1 heterocycles. The minimum atomic E-state index is 0.437. The zero-order valence-corrected chi connectivity index (χ0v) is 5.25. The average Bonchev–Trinajstić information content (AvgIpc) is 2.44. The molecule has 3 atom stereocenters. The Morgan fingerprint density at radius 3 is 2.89 bits per heavy atom. The Balaban J connectivity index is 1.92. The number of rotatable bonds is 1. The zero-order chi connectivity index (χ0) is 6.27. The molecule has 1 aliphatic heterocycles. The van der Waals surface area contributed by atoms with Crippen LogP contribution < -0.4 is 11.1 Å². The van der Waals surface area contributed by atoms with E-state index in [0.29, 0.717) is 18.0 Å². The summed E-state index contributed by atoms with van der Waals surface area (Å²) in [5, 5.41) is 3.07. The topological polar surface area (TPSA) is 50.4 Å². The Labute approximate surface area is 54.3 Å². The first-order valence-corrected chi connectivity index (χ1v) is 3.38. The molecule has 0 aromatic rings. The molecule has 3 N–H and O–H groups in total. The highest BCUT2D eigenvalue weighted by Gasteiger charge is 2.40. The normalized spacial score (nSPS) is 47.0. The van der Waals surface area contributed by atoms with Gasteiger partial charge in [0.1, 0.15) is 0 Å². The fourth-order valence-electron chi connectivity index (χ4n) is 1.31. The van der Waals surface area contributed by atoms with Crippen molar-refractivity contribution in [2.24, 2.45) is 16.6 Å². The molecule has 50 valence electrons. The van der Waals surface area contributed by atoms with Crippen LogP contribution in [0.4, 0.5) is 0 Å². The van der Waals surface area contributed by atoms with Crippen LogP contribution in [0, 0.1) is 5.92 Å². The third kappa shape index (κ3) is 0.812. The summed E-state index contributed by atoms with van der Waals surface area (Å²) in [6.45, 7) is 0.998. The summed E-state index contributed by atoms with van der Waals surface area (Å²) in [5.41, 5.74) is 5.64. The van der Waals surface area contributed by atoms with Gasteiger partial charge in [-0.3, -0.25) is 4.99 Å². The Morgan fingerprint density at radius 2 is 2.44 bits per heavy atom. The van der Waals surface area contributed by atoms with Crippen LogP contribution in [0.2, 0.25) is 0 Å². The number of nitrogens with one attached hydrogen (secondary N) is 1. The van der Waals surface area contributed by atoms with Crippen molar-refractivity contribution in [2.75, 3.05) is 6.54 Å². The standard InChI is InChI=1S/C6H11N3/c7-5-1-4(5)6-2-8-3-9-6/h3-6H,1-2,7H2,(H,8,9)/t4-,5-,6?/m1/s1. The highest BCUT2D eigenvalue weighted by Crippen LogP contribution is 2.33. The molecule has 1 saturated carbocycles. The molecule has 9 heavy (non-hydrogen) atoms. The minimum Gasteiger partial charge on any atom is -0.374 e. The molecule has 0 amide bonds. The third-order valence-electron chi connectivity index (χ3n) is 2.07. The Kier molecular flexibility index (Phi) is 0.990. The lowest BCUT2D eigenvalue weighted by Crippen LogP contribution is -2.20. The fourth-order valence-corrected chi connectivity index (χ4v) is 1.31. The number of aliphatic imine (C=N–C) groups is 1. The van der Waals surface area contributed by atoms with Crippen molar-refractivity contribution < 1.29 is 0 Å². The SMILES string of the molecule is N[C@@H]1C[C@H]1C1CNC=N1. The molecule has 1 aliphatic carbocycles. The molecule has 0 radical (unpaired) electrons. The van der Waals surface area contributed by atoms with Crippen molar-refractivity contribution in [3.05, 3.63) is 0 Å². The monoisotopic (exact) mass is 125 g/mol. The fraction of sp³-hybridized carbons (Fsp3) is 0.833. The van der Waals surface area contributed by atoms with Crippen LogP contribution in [0.5, 0.6) is 0 Å². The van der Waals surface area contributed by atoms with E-state index in [1.54, 1.807) is 6.34 Å². The molecule has 0 spiro atoms. The number of hydrogen-bond acceptors (Lipinski definition) is 3. The summed E-state index contributed by atoms with van der Waals surface area (Å²) in [4.78, 5) is 4.23. The summed E-state index contributed by atoms with van der Waals surface area (Å²) in [5.74, 6) is 0.677. The number of nitrogens with two attached hydrogens (primary N) is 1. The Bertz CT molecular complexity index is 143. The largest absolute Gasteiger partial charge is 0.374 e. The molecule has 3 nitrogen and oxygen atoms in total. The maximum Gasteiger partial charge on any atom is 0.0828 e. The van der Waals surface area contributed by atoms with E-state index in [2.05, 4.69) is 10.3 Å². The van der Waals surface area contributed by atoms with Crippen LogP contribution in [0.3, 0.4) is 0 Å². The van der Waals surface area contributed by atoms with Gasteiger partial charge < -0.3 is 11.1 Å². The Hall–Kier alpha value is -0.570. The van der Waals surface area contributed by atoms with Gasteiger partial charge in [0, 0.05) is 12.6 Å². The van der Waals surface area contributed by atoms with Gasteiger partial charge in [0.15, 0.2) is 0 Å². The highest BCUT2D eigenvalue weighted by atomic mass is 15.1. The van der Waals surface area contributed by atoms with E-state index in [0.717, 1.165) is 6.54 Å². The zero-order valence-electron chi connectivity index (χ0n) is 5.25. The maximum atomic E-state index is 5.64. The smallest absolute Gasteiger partial charge is 0.0828 e. The van der Waals surface area contributed by atoms with Gasteiger partial charge in [0.05, 0.1) is 12.4 Å². The van der Waals surface area contributed by atoms with Gasteiger partial charge in [-0.15, -0.1) is 0 Å². The first kappa shape index (κ1) is 5.23. The third-order valence-corrected chi connectivity index (χ3v) is 2.07. The van der Waals surface area contributed by atoms with Crippen LogP contribution in [0.25, 0.3) is 0 Å². The van der Waals surface area contributed by atoms with E-state index in [1.807, 2.05) is 0 Å². The van der Waals surface area contributed by atoms with Gasteiger partial charge in [-0.25, -0.2) is 0 Å². The minimum absolute atomic E-state index is 0.437. The highest BCUT2D eigenvalue weighted by molar-refractivity contribution is 5.57. The van der Waals surface area contributed by atoms with Crippen molar-refractivity contribution >= 4 is 6.34 Å². The van der Waals surface area contributed by atoms with Gasteiger partial charge in [0.2, 0.25) is 0 Å². The lowest BCUT2D eigenvalue weighted by molar-refractivity contribution is 0.601. The van der Waals surface area contributed by atoms with Gasteiger partial charge in [-0.2, -0.15) is 0 Å². The predicted molar refractivity (Wildman–Crippen MR) is 36.4 cm³/mol. The van der Waals surface area contributed by atoms with Crippen LogP contribution in [0.1, 0.15) is 6.42 Å². The first-order valence-electron chi connectivity index (χ1n) is 3.38. The first-order chi connectivity index (χ1) is 4.38. The van der Waals surface area contributed by atoms with Gasteiger partial charge in [-0.1, -0.05) is 0 Å². The van der Waals surface area contributed by atoms with Crippen LogP contribution >= 0.6 is 0 Å². The van der Waals surface area contributed by atoms with E-state index in [9.17, 15) is 0 Å². The van der Waals surface area contributed by atoms with Gasteiger partial charge in [0.25, 0.3) is 0 Å². The van der Waals surface area contributed by atoms with Crippen LogP contribution in [0.15, 0.2) is 4.99 Å². The summed E-state index contributed by atoms with van der Waals surface area (Å²) < 4.78 is 0. The molecule has 0 aromatic heterocycles. The van der Waals surface area contributed by atoms with Crippen molar-refractivity contribution in [2.45, 2.75) is 18.5 Å². The molecule has 0 bridgehead atoms. The van der Waals surface area contributed by atoms with E-state index >= 15 is 0 Å². The molecule has 1 unspecified atom stereocenters. The van der Waals surface area contributed by atoms with Gasteiger partial charge >= 0.3 is 0 Å². The van der Waals surface area contributed by atoms with Gasteiger partial charge in [-0.05, 0) is 12.3 Å². The lowest BCUT2D eigenvalue weighted by atomic mass is 10.2. The Morgan fingerprint density at radius 1 is 1.67 bits per heavy atom. The molecule has 0 saturated heterocycles. The van der Waals surface area contributed by atoms with E-state index < -0.39 is 0 Å².